The number of hydrogen-bond donors (Lipinski definition) is 2. The van der Waals surface area contributed by atoms with Gasteiger partial charge in [0.2, 0.25) is 5.91 Å². The number of benzene rings is 1. The van der Waals surface area contributed by atoms with Gasteiger partial charge in [0, 0.05) is 5.69 Å². The lowest BCUT2D eigenvalue weighted by Gasteiger charge is -2.32. The van der Waals surface area contributed by atoms with Gasteiger partial charge in [0.25, 0.3) is 0 Å². The average molecular weight is 402 g/mol. The first-order valence-corrected chi connectivity index (χ1v) is 10.1. The van der Waals surface area contributed by atoms with E-state index in [1.165, 1.54) is 0 Å². The number of rotatable bonds is 2. The third-order valence-electron chi connectivity index (χ3n) is 5.62. The van der Waals surface area contributed by atoms with Crippen molar-refractivity contribution in [1.29, 1.82) is 0 Å². The Bertz CT molecular complexity index is 800. The van der Waals surface area contributed by atoms with Gasteiger partial charge in [0.05, 0.1) is 11.2 Å². The first-order chi connectivity index (χ1) is 13.3. The topological polar surface area (TPSA) is 85.9 Å². The molecule has 0 spiro atoms. The standard InChI is InChI=1S/C21H31BN2O5/c1-19(2,3)27-18(26)24-16-10-8-13-12-14(9-11-15(13)23-17(16)25)22-28-20(4,5)21(6,7)29-22/h9,11-12,16H,8,10H2,1-7H3,(H,23,25)(H,24,26)/t16-/m0/s1. The largest absolute Gasteiger partial charge is 0.494 e. The van der Waals surface area contributed by atoms with E-state index in [2.05, 4.69) is 10.6 Å². The van der Waals surface area contributed by atoms with Gasteiger partial charge in [-0.3, -0.25) is 4.79 Å². The summed E-state index contributed by atoms with van der Waals surface area (Å²) in [5.41, 5.74) is 1.19. The van der Waals surface area contributed by atoms with Crippen LogP contribution in [0.4, 0.5) is 10.5 Å². The summed E-state index contributed by atoms with van der Waals surface area (Å²) >= 11 is 0. The van der Waals surface area contributed by atoms with Gasteiger partial charge in [-0.2, -0.15) is 0 Å². The molecule has 1 atom stereocenters. The van der Waals surface area contributed by atoms with E-state index in [4.69, 9.17) is 14.0 Å². The third-order valence-corrected chi connectivity index (χ3v) is 5.62. The third kappa shape index (κ3) is 4.75. The minimum Gasteiger partial charge on any atom is -0.444 e. The van der Waals surface area contributed by atoms with E-state index in [9.17, 15) is 9.59 Å². The molecule has 2 aliphatic rings. The second-order valence-electron chi connectivity index (χ2n) is 9.73. The van der Waals surface area contributed by atoms with Crippen molar-refractivity contribution >= 4 is 30.3 Å². The number of carbonyl (C=O) groups is 2. The van der Waals surface area contributed by atoms with Crippen molar-refractivity contribution in [3.63, 3.8) is 0 Å². The molecule has 0 unspecified atom stereocenters. The molecule has 2 amide bonds. The van der Waals surface area contributed by atoms with E-state index in [0.717, 1.165) is 16.7 Å². The van der Waals surface area contributed by atoms with Crippen LogP contribution < -0.4 is 16.1 Å². The highest BCUT2D eigenvalue weighted by Gasteiger charge is 2.51. The lowest BCUT2D eigenvalue weighted by molar-refractivity contribution is -0.118. The number of carbonyl (C=O) groups excluding carboxylic acids is 2. The van der Waals surface area contributed by atoms with Gasteiger partial charge >= 0.3 is 13.2 Å². The van der Waals surface area contributed by atoms with Crippen LogP contribution in [-0.2, 0) is 25.3 Å². The van der Waals surface area contributed by atoms with Crippen molar-refractivity contribution in [2.24, 2.45) is 0 Å². The molecule has 7 nitrogen and oxygen atoms in total. The fraction of sp³-hybridized carbons (Fsp3) is 0.619. The van der Waals surface area contributed by atoms with Crippen LogP contribution in [0, 0.1) is 0 Å². The summed E-state index contributed by atoms with van der Waals surface area (Å²) in [5.74, 6) is -0.252. The maximum Gasteiger partial charge on any atom is 0.494 e. The normalized spacial score (nSPS) is 23.1. The van der Waals surface area contributed by atoms with Crippen LogP contribution >= 0.6 is 0 Å². The molecule has 158 valence electrons. The SMILES string of the molecule is CC(C)(C)OC(=O)N[C@H]1CCc2cc(B3OC(C)(C)C(C)(C)O3)ccc2NC1=O. The molecule has 2 heterocycles. The molecule has 0 saturated carbocycles. The van der Waals surface area contributed by atoms with Crippen LogP contribution in [0.25, 0.3) is 0 Å². The number of alkyl carbamates (subject to hydrolysis) is 1. The van der Waals surface area contributed by atoms with Gasteiger partial charge in [-0.25, -0.2) is 4.79 Å². The Morgan fingerprint density at radius 3 is 2.41 bits per heavy atom. The van der Waals surface area contributed by atoms with Crippen molar-refractivity contribution in [2.45, 2.75) is 84.2 Å². The zero-order chi connectivity index (χ0) is 21.6. The number of anilines is 1. The molecule has 2 aliphatic heterocycles. The summed E-state index contributed by atoms with van der Waals surface area (Å²) in [5, 5.41) is 5.57. The molecule has 1 fully saturated rings. The Kier molecular flexibility index (Phi) is 5.47. The van der Waals surface area contributed by atoms with Gasteiger partial charge in [-0.15, -0.1) is 0 Å². The van der Waals surface area contributed by atoms with Crippen LogP contribution in [0.3, 0.4) is 0 Å². The summed E-state index contributed by atoms with van der Waals surface area (Å²) < 4.78 is 17.5. The van der Waals surface area contributed by atoms with Crippen LogP contribution in [0.5, 0.6) is 0 Å². The summed E-state index contributed by atoms with van der Waals surface area (Å²) in [4.78, 5) is 24.6. The van der Waals surface area contributed by atoms with Crippen molar-refractivity contribution in [3.05, 3.63) is 23.8 Å². The molecule has 0 radical (unpaired) electrons. The maximum absolute atomic E-state index is 12.6. The molecule has 1 aromatic carbocycles. The van der Waals surface area contributed by atoms with Crippen molar-refractivity contribution < 1.29 is 23.6 Å². The second-order valence-corrected chi connectivity index (χ2v) is 9.73. The highest BCUT2D eigenvalue weighted by molar-refractivity contribution is 6.62. The minimum atomic E-state index is -0.655. The predicted octanol–water partition coefficient (Wildman–Crippen LogP) is 2.76. The molecule has 0 bridgehead atoms. The molecule has 0 aliphatic carbocycles. The summed E-state index contributed by atoms with van der Waals surface area (Å²) in [7, 11) is -0.458. The first kappa shape index (κ1) is 21.6. The summed E-state index contributed by atoms with van der Waals surface area (Å²) in [6.45, 7) is 13.4. The van der Waals surface area contributed by atoms with E-state index in [1.807, 2.05) is 45.9 Å². The van der Waals surface area contributed by atoms with Gasteiger partial charge in [0.1, 0.15) is 11.6 Å². The average Bonchev–Trinajstić information content (AvgIpc) is 2.68. The molecule has 2 N–H and O–H groups in total. The highest BCUT2D eigenvalue weighted by atomic mass is 16.7. The molecular formula is C21H31BN2O5. The Hall–Kier alpha value is -2.06. The minimum absolute atomic E-state index is 0.252. The van der Waals surface area contributed by atoms with Gasteiger partial charge in [-0.05, 0) is 78.4 Å². The number of ether oxygens (including phenoxy) is 1. The molecule has 29 heavy (non-hydrogen) atoms. The number of nitrogens with one attached hydrogen (secondary N) is 2. The Labute approximate surface area is 173 Å². The zero-order valence-electron chi connectivity index (χ0n) is 18.3. The number of amides is 2. The fourth-order valence-electron chi connectivity index (χ4n) is 3.31. The molecule has 8 heteroatoms. The fourth-order valence-corrected chi connectivity index (χ4v) is 3.31. The van der Waals surface area contributed by atoms with E-state index < -0.39 is 36.1 Å². The number of hydrogen-bond acceptors (Lipinski definition) is 5. The Morgan fingerprint density at radius 1 is 1.21 bits per heavy atom. The Balaban J connectivity index is 1.72. The van der Waals surface area contributed by atoms with E-state index in [-0.39, 0.29) is 5.91 Å². The highest BCUT2D eigenvalue weighted by Crippen LogP contribution is 2.36. The van der Waals surface area contributed by atoms with Crippen molar-refractivity contribution in [2.75, 3.05) is 5.32 Å². The predicted molar refractivity (Wildman–Crippen MR) is 112 cm³/mol. The van der Waals surface area contributed by atoms with Gasteiger partial charge in [0.15, 0.2) is 0 Å². The summed E-state index contributed by atoms with van der Waals surface area (Å²) in [6.07, 6.45) is 0.508. The van der Waals surface area contributed by atoms with E-state index in [0.29, 0.717) is 12.8 Å². The molecule has 1 saturated heterocycles. The van der Waals surface area contributed by atoms with Gasteiger partial charge < -0.3 is 24.7 Å². The smallest absolute Gasteiger partial charge is 0.444 e. The van der Waals surface area contributed by atoms with E-state index in [1.54, 1.807) is 20.8 Å². The first-order valence-electron chi connectivity index (χ1n) is 10.1. The Morgan fingerprint density at radius 2 is 1.83 bits per heavy atom. The van der Waals surface area contributed by atoms with Crippen LogP contribution in [0.2, 0.25) is 0 Å². The van der Waals surface area contributed by atoms with Crippen LogP contribution in [0.15, 0.2) is 18.2 Å². The number of fused-ring (bicyclic) bond motifs is 1. The molecule has 0 aromatic heterocycles. The van der Waals surface area contributed by atoms with Crippen LogP contribution in [-0.4, -0.2) is 42.0 Å². The molecule has 3 rings (SSSR count). The lowest BCUT2D eigenvalue weighted by Crippen LogP contribution is -2.45. The number of aryl methyl sites for hydroxylation is 1. The van der Waals surface area contributed by atoms with Gasteiger partial charge in [-0.1, -0.05) is 12.1 Å². The van der Waals surface area contributed by atoms with Crippen LogP contribution in [0.1, 0.15) is 60.5 Å². The van der Waals surface area contributed by atoms with Crippen molar-refractivity contribution in [3.8, 4) is 0 Å². The van der Waals surface area contributed by atoms with E-state index >= 15 is 0 Å². The second kappa shape index (κ2) is 7.33. The lowest BCUT2D eigenvalue weighted by atomic mass is 9.78. The quantitative estimate of drug-likeness (QED) is 0.743. The molecular weight excluding hydrogens is 371 g/mol. The molecule has 1 aromatic rings. The van der Waals surface area contributed by atoms with Crippen molar-refractivity contribution in [1.82, 2.24) is 5.32 Å². The monoisotopic (exact) mass is 402 g/mol. The zero-order valence-corrected chi connectivity index (χ0v) is 18.3. The summed E-state index contributed by atoms with van der Waals surface area (Å²) in [6, 6.07) is 5.12. The maximum atomic E-state index is 12.6.